The van der Waals surface area contributed by atoms with Crippen LogP contribution in [0.4, 0.5) is 4.79 Å². The molecule has 49 heavy (non-hydrogen) atoms. The highest BCUT2D eigenvalue weighted by atomic mass is 16.6. The molecule has 1 aliphatic rings. The van der Waals surface area contributed by atoms with Gasteiger partial charge in [0.05, 0.1) is 39.1 Å². The first kappa shape index (κ1) is 34.1. The summed E-state index contributed by atoms with van der Waals surface area (Å²) in [5.74, 6) is 0.765. The van der Waals surface area contributed by atoms with Crippen LogP contribution in [0.3, 0.4) is 0 Å². The Hall–Kier alpha value is -4.73. The summed E-state index contributed by atoms with van der Waals surface area (Å²) >= 11 is 0. The summed E-state index contributed by atoms with van der Waals surface area (Å²) in [5, 5.41) is 6.76. The van der Waals surface area contributed by atoms with E-state index in [9.17, 15) is 4.79 Å². The van der Waals surface area contributed by atoms with Crippen molar-refractivity contribution in [3.05, 3.63) is 126 Å². The van der Waals surface area contributed by atoms with Crippen LogP contribution in [0.2, 0.25) is 0 Å². The highest BCUT2D eigenvalue weighted by Crippen LogP contribution is 2.38. The molecule has 0 spiro atoms. The summed E-state index contributed by atoms with van der Waals surface area (Å²) in [6, 6.07) is 33.2. The van der Waals surface area contributed by atoms with Gasteiger partial charge in [0.1, 0.15) is 24.0 Å². The molecule has 3 unspecified atom stereocenters. The Morgan fingerprint density at radius 3 is 2.37 bits per heavy atom. The number of carbonyl (C=O) groups is 1. The van der Waals surface area contributed by atoms with E-state index in [0.29, 0.717) is 46.1 Å². The van der Waals surface area contributed by atoms with E-state index in [2.05, 4.69) is 64.7 Å². The van der Waals surface area contributed by atoms with Gasteiger partial charge in [0, 0.05) is 31.3 Å². The summed E-state index contributed by atoms with van der Waals surface area (Å²) in [5.41, 5.74) is 2.76. The van der Waals surface area contributed by atoms with Crippen LogP contribution in [0, 0.1) is 5.92 Å². The minimum Gasteiger partial charge on any atom is -0.494 e. The molecular formula is C40H46N4O5. The van der Waals surface area contributed by atoms with Gasteiger partial charge in [-0.3, -0.25) is 4.68 Å². The number of hydrogen-bond donors (Lipinski definition) is 0. The average molecular weight is 663 g/mol. The number of fused-ring (bicyclic) bond motifs is 1. The Balaban J connectivity index is 1.17. The van der Waals surface area contributed by atoms with Crippen molar-refractivity contribution < 1.29 is 23.7 Å². The highest BCUT2D eigenvalue weighted by Gasteiger charge is 2.41. The number of ether oxygens (including phenoxy) is 4. The van der Waals surface area contributed by atoms with Gasteiger partial charge in [0.15, 0.2) is 0 Å². The maximum Gasteiger partial charge on any atom is 0.410 e. The summed E-state index contributed by atoms with van der Waals surface area (Å²) in [6.07, 6.45) is 3.41. The van der Waals surface area contributed by atoms with E-state index in [4.69, 9.17) is 18.9 Å². The molecule has 9 heteroatoms. The Bertz CT molecular complexity index is 1760. The van der Waals surface area contributed by atoms with Gasteiger partial charge in [-0.1, -0.05) is 78.9 Å². The molecule has 1 fully saturated rings. The number of piperidine rings is 1. The number of carbonyl (C=O) groups excluding carboxylic acids is 1. The SMILES string of the molecule is CC(C)(C)OC(=O)N1CC(Cn2cncn2)C(c2ccc(OCCCOCc3ccccc3)cc2)C(OCc2ccc3ccccc3c2)C1. The van der Waals surface area contributed by atoms with Crippen molar-refractivity contribution in [3.63, 3.8) is 0 Å². The smallest absolute Gasteiger partial charge is 0.410 e. The zero-order valence-electron chi connectivity index (χ0n) is 28.6. The van der Waals surface area contributed by atoms with Gasteiger partial charge < -0.3 is 23.8 Å². The normalized spacial score (nSPS) is 18.0. The number of amides is 1. The van der Waals surface area contributed by atoms with Crippen molar-refractivity contribution >= 4 is 16.9 Å². The van der Waals surface area contributed by atoms with E-state index in [1.807, 2.05) is 67.9 Å². The summed E-state index contributed by atoms with van der Waals surface area (Å²) in [6.45, 7) is 9.34. The van der Waals surface area contributed by atoms with E-state index in [1.54, 1.807) is 11.2 Å². The predicted molar refractivity (Wildman–Crippen MR) is 189 cm³/mol. The molecule has 4 aromatic carbocycles. The third kappa shape index (κ3) is 9.68. The van der Waals surface area contributed by atoms with Crippen LogP contribution in [-0.2, 0) is 34.0 Å². The van der Waals surface area contributed by atoms with Crippen molar-refractivity contribution in [1.82, 2.24) is 19.7 Å². The minimum atomic E-state index is -0.610. The summed E-state index contributed by atoms with van der Waals surface area (Å²) in [7, 11) is 0. The number of likely N-dealkylation sites (tertiary alicyclic amines) is 1. The Morgan fingerprint density at radius 1 is 0.837 bits per heavy atom. The molecule has 1 aliphatic heterocycles. The first-order chi connectivity index (χ1) is 23.8. The number of nitrogens with zero attached hydrogens (tertiary/aromatic N) is 4. The maximum absolute atomic E-state index is 13.4. The molecule has 2 heterocycles. The lowest BCUT2D eigenvalue weighted by molar-refractivity contribution is -0.0555. The fraction of sp³-hybridized carbons (Fsp3) is 0.375. The molecule has 0 radical (unpaired) electrons. The van der Waals surface area contributed by atoms with Crippen LogP contribution in [0.15, 0.2) is 110 Å². The van der Waals surface area contributed by atoms with Crippen molar-refractivity contribution in [2.24, 2.45) is 5.92 Å². The standard InChI is InChI=1S/C40H46N4O5/c1-40(2,3)49-39(45)43-23-35(24-44-29-41-28-42-44)38(37(25-43)48-27-31-14-15-32-12-7-8-13-34(32)22-31)33-16-18-36(19-17-33)47-21-9-20-46-26-30-10-5-4-6-11-30/h4-8,10-19,22,28-29,35,37-38H,9,20-21,23-27H2,1-3H3. The van der Waals surface area contributed by atoms with Gasteiger partial charge in [-0.2, -0.15) is 5.10 Å². The Kier molecular flexibility index (Phi) is 11.2. The van der Waals surface area contributed by atoms with Gasteiger partial charge in [-0.05, 0) is 66.4 Å². The molecule has 0 bridgehead atoms. The largest absolute Gasteiger partial charge is 0.494 e. The van der Waals surface area contributed by atoms with Crippen LogP contribution in [-0.4, -0.2) is 63.8 Å². The van der Waals surface area contributed by atoms with E-state index >= 15 is 0 Å². The van der Waals surface area contributed by atoms with Crippen LogP contribution in [0.5, 0.6) is 5.75 Å². The molecular weight excluding hydrogens is 616 g/mol. The zero-order chi connectivity index (χ0) is 34.1. The summed E-state index contributed by atoms with van der Waals surface area (Å²) < 4.78 is 26.3. The first-order valence-corrected chi connectivity index (χ1v) is 17.0. The molecule has 0 aliphatic carbocycles. The molecule has 1 amide bonds. The van der Waals surface area contributed by atoms with Crippen LogP contribution in [0.25, 0.3) is 10.8 Å². The number of benzene rings is 4. The monoisotopic (exact) mass is 662 g/mol. The van der Waals surface area contributed by atoms with E-state index in [1.165, 1.54) is 17.1 Å². The zero-order valence-corrected chi connectivity index (χ0v) is 28.6. The molecule has 3 atom stereocenters. The minimum absolute atomic E-state index is 0.0156. The lowest BCUT2D eigenvalue weighted by Crippen LogP contribution is -2.53. The van der Waals surface area contributed by atoms with E-state index in [0.717, 1.165) is 28.9 Å². The Labute approximate surface area is 288 Å². The quantitative estimate of drug-likeness (QED) is 0.120. The second kappa shape index (κ2) is 16.1. The predicted octanol–water partition coefficient (Wildman–Crippen LogP) is 7.65. The topological polar surface area (TPSA) is 87.9 Å². The van der Waals surface area contributed by atoms with Crippen LogP contribution >= 0.6 is 0 Å². The van der Waals surface area contributed by atoms with Gasteiger partial charge >= 0.3 is 6.09 Å². The number of aromatic nitrogens is 3. The second-order valence-electron chi connectivity index (χ2n) is 13.6. The molecule has 0 N–H and O–H groups in total. The molecule has 256 valence electrons. The van der Waals surface area contributed by atoms with Crippen molar-refractivity contribution in [2.45, 2.75) is 64.6 Å². The molecule has 9 nitrogen and oxygen atoms in total. The second-order valence-corrected chi connectivity index (χ2v) is 13.6. The Morgan fingerprint density at radius 2 is 1.61 bits per heavy atom. The number of hydrogen-bond acceptors (Lipinski definition) is 7. The van der Waals surface area contributed by atoms with Crippen molar-refractivity contribution in [1.29, 1.82) is 0 Å². The van der Waals surface area contributed by atoms with Gasteiger partial charge in [-0.15, -0.1) is 0 Å². The van der Waals surface area contributed by atoms with E-state index < -0.39 is 5.60 Å². The molecule has 0 saturated carbocycles. The molecule has 1 aromatic heterocycles. The maximum atomic E-state index is 13.4. The lowest BCUT2D eigenvalue weighted by Gasteiger charge is -2.44. The number of rotatable bonds is 13. The van der Waals surface area contributed by atoms with Crippen LogP contribution in [0.1, 0.15) is 49.8 Å². The highest BCUT2D eigenvalue weighted by molar-refractivity contribution is 5.82. The summed E-state index contributed by atoms with van der Waals surface area (Å²) in [4.78, 5) is 19.4. The van der Waals surface area contributed by atoms with E-state index in [-0.39, 0.29) is 24.0 Å². The third-order valence-corrected chi connectivity index (χ3v) is 8.66. The third-order valence-electron chi connectivity index (χ3n) is 8.66. The van der Waals surface area contributed by atoms with Gasteiger partial charge in [-0.25, -0.2) is 9.78 Å². The van der Waals surface area contributed by atoms with Gasteiger partial charge in [0.2, 0.25) is 0 Å². The fourth-order valence-electron chi connectivity index (χ4n) is 6.40. The molecule has 5 aromatic rings. The van der Waals surface area contributed by atoms with Gasteiger partial charge in [0.25, 0.3) is 0 Å². The van der Waals surface area contributed by atoms with Crippen molar-refractivity contribution in [3.8, 4) is 5.75 Å². The molecule has 1 saturated heterocycles. The van der Waals surface area contributed by atoms with Crippen molar-refractivity contribution in [2.75, 3.05) is 26.3 Å². The first-order valence-electron chi connectivity index (χ1n) is 17.0. The fourth-order valence-corrected chi connectivity index (χ4v) is 6.40. The average Bonchev–Trinajstić information content (AvgIpc) is 3.62. The molecule has 6 rings (SSSR count). The van der Waals surface area contributed by atoms with Crippen LogP contribution < -0.4 is 4.74 Å². The lowest BCUT2D eigenvalue weighted by atomic mass is 9.78.